The Balaban J connectivity index is 1.80. The van der Waals surface area contributed by atoms with Crippen molar-refractivity contribution in [1.82, 2.24) is 4.90 Å². The van der Waals surface area contributed by atoms with Crippen LogP contribution >= 0.6 is 0 Å². The van der Waals surface area contributed by atoms with Crippen LogP contribution in [0.25, 0.3) is 5.76 Å². The average molecular weight is 514 g/mol. The molecule has 1 fully saturated rings. The van der Waals surface area contributed by atoms with Gasteiger partial charge in [0.2, 0.25) is 0 Å². The molecular weight excluding hydrogens is 487 g/mol. The van der Waals surface area contributed by atoms with Gasteiger partial charge in [0.1, 0.15) is 29.1 Å². The van der Waals surface area contributed by atoms with Crippen LogP contribution in [0.4, 0.5) is 13.2 Å². The second-order valence-electron chi connectivity index (χ2n) is 9.22. The Morgan fingerprint density at radius 1 is 1.08 bits per heavy atom. The van der Waals surface area contributed by atoms with E-state index in [1.807, 2.05) is 13.8 Å². The number of amides is 1. The molecule has 1 atom stereocenters. The summed E-state index contributed by atoms with van der Waals surface area (Å²) < 4.78 is 51.2. The molecule has 0 saturated carbocycles. The minimum absolute atomic E-state index is 0.0680. The fourth-order valence-corrected chi connectivity index (χ4v) is 4.32. The standard InChI is InChI=1S/C28H26F3NO5/c1-15(2)36-21-11-9-19(12-16(21)3)25(33)23-24(22-10-8-17(4)37-22)32(27(35)26(23)34)14-18-6-5-7-20(13-18)28(29,30)31/h5-13,15,24,33H,14H2,1-4H3/b25-23-. The van der Waals surface area contributed by atoms with Gasteiger partial charge in [0.05, 0.1) is 17.2 Å². The van der Waals surface area contributed by atoms with E-state index in [2.05, 4.69) is 0 Å². The number of hydrogen-bond donors (Lipinski definition) is 1. The molecule has 1 aliphatic rings. The van der Waals surface area contributed by atoms with E-state index in [1.165, 1.54) is 12.1 Å². The molecule has 2 aromatic carbocycles. The lowest BCUT2D eigenvalue weighted by atomic mass is 9.98. The number of rotatable bonds is 6. The number of ether oxygens (including phenoxy) is 1. The van der Waals surface area contributed by atoms with Crippen molar-refractivity contribution in [3.8, 4) is 5.75 Å². The maximum atomic E-state index is 13.3. The summed E-state index contributed by atoms with van der Waals surface area (Å²) in [6.45, 7) is 6.93. The zero-order valence-corrected chi connectivity index (χ0v) is 20.7. The van der Waals surface area contributed by atoms with Crippen molar-refractivity contribution in [2.45, 2.75) is 52.6 Å². The number of likely N-dealkylation sites (tertiary alicyclic amines) is 1. The molecule has 4 rings (SSSR count). The van der Waals surface area contributed by atoms with Gasteiger partial charge >= 0.3 is 6.18 Å². The van der Waals surface area contributed by atoms with Crippen LogP contribution in [0.5, 0.6) is 5.75 Å². The van der Waals surface area contributed by atoms with Crippen molar-refractivity contribution in [2.24, 2.45) is 0 Å². The van der Waals surface area contributed by atoms with Crippen LogP contribution in [-0.2, 0) is 22.3 Å². The Bertz CT molecular complexity index is 1390. The summed E-state index contributed by atoms with van der Waals surface area (Å²) in [7, 11) is 0. The summed E-state index contributed by atoms with van der Waals surface area (Å²) >= 11 is 0. The van der Waals surface area contributed by atoms with Gasteiger partial charge in [-0.25, -0.2) is 0 Å². The minimum Gasteiger partial charge on any atom is -0.507 e. The third-order valence-corrected chi connectivity index (χ3v) is 5.99. The van der Waals surface area contributed by atoms with E-state index in [0.717, 1.165) is 17.0 Å². The third-order valence-electron chi connectivity index (χ3n) is 5.99. The monoisotopic (exact) mass is 513 g/mol. The Kier molecular flexibility index (Phi) is 6.90. The second-order valence-corrected chi connectivity index (χ2v) is 9.22. The van der Waals surface area contributed by atoms with Crippen molar-refractivity contribution < 1.29 is 37.0 Å². The number of benzene rings is 2. The van der Waals surface area contributed by atoms with Crippen molar-refractivity contribution in [3.63, 3.8) is 0 Å². The van der Waals surface area contributed by atoms with Gasteiger partial charge in [-0.2, -0.15) is 13.2 Å². The summed E-state index contributed by atoms with van der Waals surface area (Å²) in [4.78, 5) is 27.4. The van der Waals surface area contributed by atoms with Gasteiger partial charge in [-0.05, 0) is 81.3 Å². The summed E-state index contributed by atoms with van der Waals surface area (Å²) in [6.07, 6.45) is -4.63. The first kappa shape index (κ1) is 26.1. The molecule has 0 bridgehead atoms. The van der Waals surface area contributed by atoms with Gasteiger partial charge in [0.25, 0.3) is 11.7 Å². The largest absolute Gasteiger partial charge is 0.507 e. The Hall–Kier alpha value is -4.01. The number of nitrogens with zero attached hydrogens (tertiary/aromatic N) is 1. The van der Waals surface area contributed by atoms with E-state index in [1.54, 1.807) is 44.2 Å². The topological polar surface area (TPSA) is 80.0 Å². The highest BCUT2D eigenvalue weighted by Crippen LogP contribution is 2.41. The second kappa shape index (κ2) is 9.80. The number of ketones is 1. The van der Waals surface area contributed by atoms with Crippen LogP contribution in [0.15, 0.2) is 64.6 Å². The van der Waals surface area contributed by atoms with Crippen LogP contribution < -0.4 is 4.74 Å². The number of aliphatic hydroxyl groups is 1. The van der Waals surface area contributed by atoms with E-state index >= 15 is 0 Å². The Morgan fingerprint density at radius 2 is 1.81 bits per heavy atom. The number of carbonyl (C=O) groups excluding carboxylic acids is 2. The first-order valence-electron chi connectivity index (χ1n) is 11.7. The lowest BCUT2D eigenvalue weighted by molar-refractivity contribution is -0.140. The smallest absolute Gasteiger partial charge is 0.416 e. The quantitative estimate of drug-likeness (QED) is 0.237. The molecule has 1 aliphatic heterocycles. The van der Waals surface area contributed by atoms with Crippen LogP contribution in [0, 0.1) is 13.8 Å². The molecule has 9 heteroatoms. The zero-order valence-electron chi connectivity index (χ0n) is 20.7. The highest BCUT2D eigenvalue weighted by atomic mass is 19.4. The molecule has 194 valence electrons. The zero-order chi connectivity index (χ0) is 27.1. The van der Waals surface area contributed by atoms with Crippen molar-refractivity contribution >= 4 is 17.4 Å². The van der Waals surface area contributed by atoms with Crippen LogP contribution in [-0.4, -0.2) is 27.8 Å². The lowest BCUT2D eigenvalue weighted by Gasteiger charge is -2.24. The molecule has 6 nitrogen and oxygen atoms in total. The summed E-state index contributed by atoms with van der Waals surface area (Å²) in [5.41, 5.74) is 0.103. The SMILES string of the molecule is Cc1ccc(C2/C(=C(/O)c3ccc(OC(C)C)c(C)c3)C(=O)C(=O)N2Cc2cccc(C(F)(F)F)c2)o1. The number of aliphatic hydroxyl groups excluding tert-OH is 1. The number of alkyl halides is 3. The molecule has 1 saturated heterocycles. The summed E-state index contributed by atoms with van der Waals surface area (Å²) in [5.74, 6) is -0.997. The average Bonchev–Trinajstić information content (AvgIpc) is 3.35. The lowest BCUT2D eigenvalue weighted by Crippen LogP contribution is -2.29. The first-order chi connectivity index (χ1) is 17.4. The Labute approximate surface area is 212 Å². The van der Waals surface area contributed by atoms with E-state index in [4.69, 9.17) is 9.15 Å². The summed E-state index contributed by atoms with van der Waals surface area (Å²) in [5, 5.41) is 11.2. The maximum absolute atomic E-state index is 13.3. The fraction of sp³-hybridized carbons (Fsp3) is 0.286. The molecule has 1 amide bonds. The highest BCUT2D eigenvalue weighted by molar-refractivity contribution is 6.46. The molecule has 0 aliphatic carbocycles. The van der Waals surface area contributed by atoms with Crippen molar-refractivity contribution in [3.05, 3.63) is 93.9 Å². The van der Waals surface area contributed by atoms with E-state index in [9.17, 15) is 27.9 Å². The molecule has 1 N–H and O–H groups in total. The minimum atomic E-state index is -4.56. The molecule has 1 unspecified atom stereocenters. The van der Waals surface area contributed by atoms with Crippen molar-refractivity contribution in [2.75, 3.05) is 0 Å². The van der Waals surface area contributed by atoms with Crippen LogP contribution in [0.1, 0.15) is 53.7 Å². The van der Waals surface area contributed by atoms with Gasteiger partial charge in [0.15, 0.2) is 0 Å². The molecule has 0 radical (unpaired) electrons. The number of Topliss-reactive ketones (excluding diaryl/α,β-unsaturated/α-hetero) is 1. The number of hydrogen-bond acceptors (Lipinski definition) is 5. The normalized spacial score (nSPS) is 17.6. The maximum Gasteiger partial charge on any atom is 0.416 e. The summed E-state index contributed by atoms with van der Waals surface area (Å²) in [6, 6.07) is 11.5. The number of furan rings is 1. The number of halogens is 3. The fourth-order valence-electron chi connectivity index (χ4n) is 4.32. The third kappa shape index (κ3) is 5.26. The molecule has 37 heavy (non-hydrogen) atoms. The predicted octanol–water partition coefficient (Wildman–Crippen LogP) is 6.32. The number of carbonyl (C=O) groups is 2. The first-order valence-corrected chi connectivity index (χ1v) is 11.7. The molecule has 1 aromatic heterocycles. The number of aryl methyl sites for hydroxylation is 2. The van der Waals surface area contributed by atoms with Gasteiger partial charge < -0.3 is 19.2 Å². The Morgan fingerprint density at radius 3 is 2.41 bits per heavy atom. The molecule has 2 heterocycles. The van der Waals surface area contributed by atoms with Gasteiger partial charge in [-0.1, -0.05) is 12.1 Å². The van der Waals surface area contributed by atoms with Gasteiger partial charge in [0, 0.05) is 12.1 Å². The van der Waals surface area contributed by atoms with Gasteiger partial charge in [-0.3, -0.25) is 9.59 Å². The highest BCUT2D eigenvalue weighted by Gasteiger charge is 2.47. The van der Waals surface area contributed by atoms with Crippen LogP contribution in [0.2, 0.25) is 0 Å². The molecule has 3 aromatic rings. The van der Waals surface area contributed by atoms with Crippen molar-refractivity contribution in [1.29, 1.82) is 0 Å². The van der Waals surface area contributed by atoms with Crippen LogP contribution in [0.3, 0.4) is 0 Å². The van der Waals surface area contributed by atoms with E-state index in [0.29, 0.717) is 22.6 Å². The van der Waals surface area contributed by atoms with E-state index < -0.39 is 35.2 Å². The predicted molar refractivity (Wildman–Crippen MR) is 130 cm³/mol. The van der Waals surface area contributed by atoms with E-state index in [-0.39, 0.29) is 29.5 Å². The molecular formula is C28H26F3NO5. The molecule has 0 spiro atoms. The van der Waals surface area contributed by atoms with Gasteiger partial charge in [-0.15, -0.1) is 0 Å².